The maximum Gasteiger partial charge on any atom is 0.336 e. The lowest BCUT2D eigenvalue weighted by molar-refractivity contribution is 0.0697. The van der Waals surface area contributed by atoms with Gasteiger partial charge in [-0.1, -0.05) is 12.1 Å². The Hall–Kier alpha value is -1.94. The van der Waals surface area contributed by atoms with E-state index in [0.717, 1.165) is 16.7 Å². The van der Waals surface area contributed by atoms with Gasteiger partial charge in [0.2, 0.25) is 0 Å². The van der Waals surface area contributed by atoms with Crippen LogP contribution in [0.2, 0.25) is 0 Å². The molecule has 2 aromatic rings. The quantitative estimate of drug-likeness (QED) is 0.846. The van der Waals surface area contributed by atoms with Gasteiger partial charge < -0.3 is 5.11 Å². The minimum Gasteiger partial charge on any atom is -0.478 e. The third-order valence-corrected chi connectivity index (χ3v) is 3.50. The van der Waals surface area contributed by atoms with E-state index in [1.54, 1.807) is 23.6 Å². The Labute approximate surface area is 102 Å². The number of aldehydes is 1. The fraction of sp³-hybridized carbons (Fsp3) is 0.0769. The van der Waals surface area contributed by atoms with Crippen LogP contribution < -0.4 is 0 Å². The number of carboxylic acid groups (broad SMARTS) is 1. The molecular weight excluding hydrogens is 236 g/mol. The first kappa shape index (κ1) is 11.5. The standard InChI is InChI=1S/C13H10O3S/c1-8-3-2-4-10(13(15)16)11(8)12-9(7-14)5-6-17-12/h2-7H,1H3,(H,15,16). The Morgan fingerprint density at radius 1 is 1.35 bits per heavy atom. The molecule has 1 aromatic carbocycles. The number of hydrogen-bond acceptors (Lipinski definition) is 3. The average Bonchev–Trinajstić information content (AvgIpc) is 2.76. The van der Waals surface area contributed by atoms with Crippen LogP contribution >= 0.6 is 11.3 Å². The minimum atomic E-state index is -0.978. The van der Waals surface area contributed by atoms with Crippen LogP contribution in [-0.4, -0.2) is 17.4 Å². The maximum atomic E-state index is 11.2. The Balaban J connectivity index is 2.74. The molecule has 17 heavy (non-hydrogen) atoms. The third kappa shape index (κ3) is 1.99. The highest BCUT2D eigenvalue weighted by Gasteiger charge is 2.17. The molecule has 4 heteroatoms. The molecule has 0 radical (unpaired) electrons. The predicted octanol–water partition coefficient (Wildman–Crippen LogP) is 3.23. The van der Waals surface area contributed by atoms with Gasteiger partial charge in [-0.25, -0.2) is 4.79 Å². The lowest BCUT2D eigenvalue weighted by Crippen LogP contribution is -2.01. The summed E-state index contributed by atoms with van der Waals surface area (Å²) >= 11 is 1.38. The van der Waals surface area contributed by atoms with Gasteiger partial charge in [-0.15, -0.1) is 11.3 Å². The lowest BCUT2D eigenvalue weighted by atomic mass is 9.99. The summed E-state index contributed by atoms with van der Waals surface area (Å²) < 4.78 is 0. The second-order valence-electron chi connectivity index (χ2n) is 3.63. The zero-order valence-corrected chi connectivity index (χ0v) is 9.95. The molecule has 0 aliphatic rings. The second-order valence-corrected chi connectivity index (χ2v) is 4.54. The Kier molecular flexibility index (Phi) is 3.06. The van der Waals surface area contributed by atoms with Crippen LogP contribution in [0.1, 0.15) is 26.3 Å². The molecule has 0 saturated carbocycles. The monoisotopic (exact) mass is 246 g/mol. The number of hydrogen-bond donors (Lipinski definition) is 1. The molecule has 1 aromatic heterocycles. The molecule has 0 unspecified atom stereocenters. The summed E-state index contributed by atoms with van der Waals surface area (Å²) in [4.78, 5) is 22.8. The van der Waals surface area contributed by atoms with E-state index in [-0.39, 0.29) is 5.56 Å². The van der Waals surface area contributed by atoms with E-state index in [1.165, 1.54) is 11.3 Å². The van der Waals surface area contributed by atoms with Crippen molar-refractivity contribution in [2.45, 2.75) is 6.92 Å². The van der Waals surface area contributed by atoms with E-state index in [1.807, 2.05) is 13.0 Å². The summed E-state index contributed by atoms with van der Waals surface area (Å²) in [5, 5.41) is 11.0. The van der Waals surface area contributed by atoms with Crippen molar-refractivity contribution in [1.82, 2.24) is 0 Å². The first-order chi connectivity index (χ1) is 8.15. The van der Waals surface area contributed by atoms with Crippen LogP contribution in [0.5, 0.6) is 0 Å². The molecule has 0 amide bonds. The van der Waals surface area contributed by atoms with E-state index in [0.29, 0.717) is 11.1 Å². The molecule has 1 N–H and O–H groups in total. The number of aromatic carboxylic acids is 1. The molecule has 3 nitrogen and oxygen atoms in total. The van der Waals surface area contributed by atoms with Gasteiger partial charge in [0.15, 0.2) is 6.29 Å². The summed E-state index contributed by atoms with van der Waals surface area (Å²) in [6, 6.07) is 6.80. The first-order valence-corrected chi connectivity index (χ1v) is 5.89. The van der Waals surface area contributed by atoms with Gasteiger partial charge in [-0.2, -0.15) is 0 Å². The van der Waals surface area contributed by atoms with Gasteiger partial charge in [-0.05, 0) is 30.0 Å². The first-order valence-electron chi connectivity index (χ1n) is 5.01. The molecule has 0 aliphatic carbocycles. The molecule has 0 aliphatic heterocycles. The Morgan fingerprint density at radius 2 is 2.12 bits per heavy atom. The van der Waals surface area contributed by atoms with Crippen molar-refractivity contribution < 1.29 is 14.7 Å². The van der Waals surface area contributed by atoms with Crippen molar-refractivity contribution in [3.63, 3.8) is 0 Å². The van der Waals surface area contributed by atoms with Crippen molar-refractivity contribution in [3.8, 4) is 10.4 Å². The second kappa shape index (κ2) is 4.51. The molecule has 0 bridgehead atoms. The van der Waals surface area contributed by atoms with Gasteiger partial charge in [0.1, 0.15) is 0 Å². The van der Waals surface area contributed by atoms with Crippen molar-refractivity contribution in [1.29, 1.82) is 0 Å². The van der Waals surface area contributed by atoms with Gasteiger partial charge in [0.25, 0.3) is 0 Å². The van der Waals surface area contributed by atoms with Gasteiger partial charge in [-0.3, -0.25) is 4.79 Å². The van der Waals surface area contributed by atoms with E-state index < -0.39 is 5.97 Å². The fourth-order valence-corrected chi connectivity index (χ4v) is 2.75. The van der Waals surface area contributed by atoms with Gasteiger partial charge >= 0.3 is 5.97 Å². The van der Waals surface area contributed by atoms with Crippen molar-refractivity contribution >= 4 is 23.6 Å². The number of rotatable bonds is 3. The fourth-order valence-electron chi connectivity index (χ4n) is 1.76. The van der Waals surface area contributed by atoms with Gasteiger partial charge in [0.05, 0.1) is 5.56 Å². The van der Waals surface area contributed by atoms with Crippen molar-refractivity contribution in [3.05, 3.63) is 46.3 Å². The molecule has 0 saturated heterocycles. The number of carbonyl (C=O) groups excluding carboxylic acids is 1. The predicted molar refractivity (Wildman–Crippen MR) is 66.8 cm³/mol. The number of carboxylic acids is 1. The number of benzene rings is 1. The van der Waals surface area contributed by atoms with E-state index in [2.05, 4.69) is 0 Å². The van der Waals surface area contributed by atoms with Crippen LogP contribution in [0.25, 0.3) is 10.4 Å². The molecular formula is C13H10O3S. The number of carbonyl (C=O) groups is 2. The van der Waals surface area contributed by atoms with E-state index >= 15 is 0 Å². The van der Waals surface area contributed by atoms with Crippen LogP contribution in [0.4, 0.5) is 0 Å². The normalized spacial score (nSPS) is 10.2. The SMILES string of the molecule is Cc1cccc(C(=O)O)c1-c1sccc1C=O. The topological polar surface area (TPSA) is 54.4 Å². The highest BCUT2D eigenvalue weighted by Crippen LogP contribution is 2.34. The van der Waals surface area contributed by atoms with Gasteiger partial charge in [0, 0.05) is 16.0 Å². The zero-order valence-electron chi connectivity index (χ0n) is 9.14. The molecule has 0 atom stereocenters. The lowest BCUT2D eigenvalue weighted by Gasteiger charge is -2.08. The van der Waals surface area contributed by atoms with Crippen molar-refractivity contribution in [2.75, 3.05) is 0 Å². The Bertz CT molecular complexity index is 584. The zero-order chi connectivity index (χ0) is 12.4. The van der Waals surface area contributed by atoms with Crippen LogP contribution in [-0.2, 0) is 0 Å². The summed E-state index contributed by atoms with van der Waals surface area (Å²) in [7, 11) is 0. The summed E-state index contributed by atoms with van der Waals surface area (Å²) in [6.07, 6.45) is 0.754. The highest BCUT2D eigenvalue weighted by molar-refractivity contribution is 7.14. The molecule has 1 heterocycles. The summed E-state index contributed by atoms with van der Waals surface area (Å²) in [5.74, 6) is -0.978. The van der Waals surface area contributed by atoms with Crippen LogP contribution in [0.3, 0.4) is 0 Å². The molecule has 0 spiro atoms. The molecule has 2 rings (SSSR count). The Morgan fingerprint density at radius 3 is 2.76 bits per heavy atom. The minimum absolute atomic E-state index is 0.232. The van der Waals surface area contributed by atoms with Crippen LogP contribution in [0.15, 0.2) is 29.6 Å². The smallest absolute Gasteiger partial charge is 0.336 e. The average molecular weight is 246 g/mol. The summed E-state index contributed by atoms with van der Waals surface area (Å²) in [6.45, 7) is 1.84. The van der Waals surface area contributed by atoms with E-state index in [4.69, 9.17) is 5.11 Å². The maximum absolute atomic E-state index is 11.2. The van der Waals surface area contributed by atoms with E-state index in [9.17, 15) is 9.59 Å². The highest BCUT2D eigenvalue weighted by atomic mass is 32.1. The third-order valence-electron chi connectivity index (χ3n) is 2.55. The number of aryl methyl sites for hydroxylation is 1. The summed E-state index contributed by atoms with van der Waals surface area (Å²) in [5.41, 5.74) is 2.26. The number of thiophene rings is 1. The molecule has 86 valence electrons. The van der Waals surface area contributed by atoms with Crippen LogP contribution in [0, 0.1) is 6.92 Å². The largest absolute Gasteiger partial charge is 0.478 e. The molecule has 0 fully saturated rings. The van der Waals surface area contributed by atoms with Crippen molar-refractivity contribution in [2.24, 2.45) is 0 Å².